The molecule has 2 heterocycles. The van der Waals surface area contributed by atoms with Crippen molar-refractivity contribution in [2.24, 2.45) is 0 Å². The zero-order valence-electron chi connectivity index (χ0n) is 12.2. The maximum atomic E-state index is 11.6. The van der Waals surface area contributed by atoms with Crippen LogP contribution in [-0.2, 0) is 16.1 Å². The van der Waals surface area contributed by atoms with Crippen molar-refractivity contribution in [2.75, 3.05) is 7.11 Å². The van der Waals surface area contributed by atoms with Crippen molar-refractivity contribution in [2.45, 2.75) is 6.54 Å². The fourth-order valence-electron chi connectivity index (χ4n) is 2.42. The van der Waals surface area contributed by atoms with Crippen LogP contribution in [0.15, 0.2) is 36.7 Å². The van der Waals surface area contributed by atoms with E-state index in [-0.39, 0.29) is 17.8 Å². The van der Waals surface area contributed by atoms with Gasteiger partial charge in [-0.15, -0.1) is 0 Å². The molecule has 0 aliphatic carbocycles. The number of hydrogen-bond donors (Lipinski definition) is 0. The highest BCUT2D eigenvalue weighted by Gasteiger charge is 2.17. The summed E-state index contributed by atoms with van der Waals surface area (Å²) in [5.74, 6) is -0.362. The van der Waals surface area contributed by atoms with E-state index in [1.54, 1.807) is 10.8 Å². The van der Waals surface area contributed by atoms with Gasteiger partial charge in [-0.3, -0.25) is 4.79 Å². The number of rotatable bonds is 3. The summed E-state index contributed by atoms with van der Waals surface area (Å²) in [5, 5.41) is 10.2. The molecule has 0 spiro atoms. The van der Waals surface area contributed by atoms with Crippen molar-refractivity contribution in [1.29, 1.82) is 5.26 Å². The van der Waals surface area contributed by atoms with Crippen LogP contribution >= 0.6 is 11.6 Å². The van der Waals surface area contributed by atoms with Gasteiger partial charge in [0.25, 0.3) is 0 Å². The van der Waals surface area contributed by atoms with E-state index in [1.165, 1.54) is 13.3 Å². The van der Waals surface area contributed by atoms with Gasteiger partial charge in [0.05, 0.1) is 24.6 Å². The quantitative estimate of drug-likeness (QED) is 0.546. The van der Waals surface area contributed by atoms with Crippen molar-refractivity contribution in [3.05, 3.63) is 47.5 Å². The standard InChI is InChI=1S/C16H11ClN4O2/c1-23-14(22)9-21-8-12(11-4-2-3-5-13(11)21)15-10(6-18)7-19-16(17)20-15/h2-5,7-8H,9H2,1H3. The number of ether oxygens (including phenoxy) is 1. The number of halogens is 1. The van der Waals surface area contributed by atoms with Gasteiger partial charge in [-0.1, -0.05) is 18.2 Å². The number of nitriles is 1. The van der Waals surface area contributed by atoms with E-state index in [4.69, 9.17) is 16.3 Å². The lowest BCUT2D eigenvalue weighted by Crippen LogP contribution is -2.10. The molecule has 6 nitrogen and oxygen atoms in total. The molecule has 7 heteroatoms. The molecule has 0 unspecified atom stereocenters. The smallest absolute Gasteiger partial charge is 0.325 e. The molecule has 3 rings (SSSR count). The molecular weight excluding hydrogens is 316 g/mol. The Morgan fingerprint density at radius 3 is 2.96 bits per heavy atom. The van der Waals surface area contributed by atoms with Gasteiger partial charge in [-0.25, -0.2) is 9.97 Å². The number of methoxy groups -OCH3 is 1. The van der Waals surface area contributed by atoms with Gasteiger partial charge in [0.1, 0.15) is 12.6 Å². The molecule has 0 aliphatic rings. The van der Waals surface area contributed by atoms with Crippen molar-refractivity contribution >= 4 is 28.5 Å². The number of hydrogen-bond acceptors (Lipinski definition) is 5. The number of para-hydroxylation sites is 1. The molecule has 0 amide bonds. The zero-order chi connectivity index (χ0) is 16.4. The summed E-state index contributed by atoms with van der Waals surface area (Å²) in [4.78, 5) is 19.6. The Morgan fingerprint density at radius 1 is 1.43 bits per heavy atom. The van der Waals surface area contributed by atoms with Gasteiger partial charge < -0.3 is 9.30 Å². The summed E-state index contributed by atoms with van der Waals surface area (Å²) in [6.45, 7) is 0.0672. The van der Waals surface area contributed by atoms with Crippen LogP contribution in [0.3, 0.4) is 0 Å². The van der Waals surface area contributed by atoms with Crippen LogP contribution in [0, 0.1) is 11.3 Å². The largest absolute Gasteiger partial charge is 0.468 e. The summed E-state index contributed by atoms with van der Waals surface area (Å²) in [5.41, 5.74) is 2.31. The SMILES string of the molecule is COC(=O)Cn1cc(-c2nc(Cl)ncc2C#N)c2ccccc21. The minimum absolute atomic E-state index is 0.0591. The highest BCUT2D eigenvalue weighted by molar-refractivity contribution is 6.28. The van der Waals surface area contributed by atoms with E-state index in [1.807, 2.05) is 24.3 Å². The molecule has 2 aromatic heterocycles. The summed E-state index contributed by atoms with van der Waals surface area (Å²) < 4.78 is 6.48. The topological polar surface area (TPSA) is 80.8 Å². The third-order valence-electron chi connectivity index (χ3n) is 3.45. The summed E-state index contributed by atoms with van der Waals surface area (Å²) >= 11 is 5.88. The van der Waals surface area contributed by atoms with Crippen LogP contribution in [0.2, 0.25) is 5.28 Å². The molecule has 1 aromatic carbocycles. The maximum absolute atomic E-state index is 11.6. The van der Waals surface area contributed by atoms with Crippen molar-refractivity contribution in [3.63, 3.8) is 0 Å². The zero-order valence-corrected chi connectivity index (χ0v) is 12.9. The average Bonchev–Trinajstić information content (AvgIpc) is 2.93. The molecule has 0 fully saturated rings. The molecule has 0 aliphatic heterocycles. The van der Waals surface area contributed by atoms with Crippen molar-refractivity contribution in [3.8, 4) is 17.3 Å². The lowest BCUT2D eigenvalue weighted by atomic mass is 10.1. The van der Waals surface area contributed by atoms with Crippen molar-refractivity contribution < 1.29 is 9.53 Å². The first-order valence-electron chi connectivity index (χ1n) is 6.71. The van der Waals surface area contributed by atoms with Crippen molar-refractivity contribution in [1.82, 2.24) is 14.5 Å². The van der Waals surface area contributed by atoms with Gasteiger partial charge in [0.15, 0.2) is 0 Å². The first-order chi connectivity index (χ1) is 11.1. The highest BCUT2D eigenvalue weighted by Crippen LogP contribution is 2.31. The van der Waals surface area contributed by atoms with Crippen LogP contribution in [0.25, 0.3) is 22.2 Å². The molecule has 0 radical (unpaired) electrons. The lowest BCUT2D eigenvalue weighted by Gasteiger charge is -2.02. The minimum atomic E-state index is -0.362. The third-order valence-corrected chi connectivity index (χ3v) is 3.63. The number of aromatic nitrogens is 3. The molecule has 23 heavy (non-hydrogen) atoms. The Balaban J connectivity index is 2.25. The molecule has 3 aromatic rings. The molecule has 0 saturated heterocycles. The average molecular weight is 327 g/mol. The van der Waals surface area contributed by atoms with Gasteiger partial charge in [0, 0.05) is 22.7 Å². The highest BCUT2D eigenvalue weighted by atomic mass is 35.5. The second-order valence-corrected chi connectivity index (χ2v) is 5.12. The van der Waals surface area contributed by atoms with Gasteiger partial charge >= 0.3 is 5.97 Å². The van der Waals surface area contributed by atoms with Gasteiger partial charge in [-0.05, 0) is 17.7 Å². The van der Waals surface area contributed by atoms with E-state index in [9.17, 15) is 10.1 Å². The van der Waals surface area contributed by atoms with E-state index >= 15 is 0 Å². The molecular formula is C16H11ClN4O2. The number of esters is 1. The van der Waals surface area contributed by atoms with Gasteiger partial charge in [-0.2, -0.15) is 5.26 Å². The molecule has 0 atom stereocenters. The Morgan fingerprint density at radius 2 is 2.22 bits per heavy atom. The first kappa shape index (κ1) is 15.0. The van der Waals surface area contributed by atoms with Crippen LogP contribution in [-0.4, -0.2) is 27.6 Å². The summed E-state index contributed by atoms with van der Waals surface area (Å²) in [6, 6.07) is 9.60. The fraction of sp³-hybridized carbons (Fsp3) is 0.125. The van der Waals surface area contributed by atoms with E-state index in [0.29, 0.717) is 16.8 Å². The Bertz CT molecular complexity index is 943. The number of carbonyl (C=O) groups is 1. The van der Waals surface area contributed by atoms with Crippen LogP contribution in [0.1, 0.15) is 5.56 Å². The predicted octanol–water partition coefficient (Wildman–Crippen LogP) is 2.80. The summed E-state index contributed by atoms with van der Waals surface area (Å²) in [7, 11) is 1.34. The maximum Gasteiger partial charge on any atom is 0.325 e. The first-order valence-corrected chi connectivity index (χ1v) is 7.09. The Labute approximate surface area is 136 Å². The van der Waals surface area contributed by atoms with E-state index < -0.39 is 0 Å². The monoisotopic (exact) mass is 326 g/mol. The second-order valence-electron chi connectivity index (χ2n) is 4.78. The lowest BCUT2D eigenvalue weighted by molar-refractivity contribution is -0.141. The Kier molecular flexibility index (Phi) is 3.96. The number of fused-ring (bicyclic) bond motifs is 1. The van der Waals surface area contributed by atoms with Crippen LogP contribution in [0.4, 0.5) is 0 Å². The predicted molar refractivity (Wildman–Crippen MR) is 84.7 cm³/mol. The molecule has 0 saturated carbocycles. The van der Waals surface area contributed by atoms with Crippen LogP contribution in [0.5, 0.6) is 0 Å². The molecule has 114 valence electrons. The van der Waals surface area contributed by atoms with E-state index in [0.717, 1.165) is 10.9 Å². The second kappa shape index (κ2) is 6.07. The normalized spacial score (nSPS) is 10.5. The molecule has 0 bridgehead atoms. The Hall–Kier alpha value is -2.91. The summed E-state index contributed by atoms with van der Waals surface area (Å²) in [6.07, 6.45) is 3.15. The van der Waals surface area contributed by atoms with Crippen LogP contribution < -0.4 is 0 Å². The molecule has 0 N–H and O–H groups in total. The van der Waals surface area contributed by atoms with Gasteiger partial charge in [0.2, 0.25) is 5.28 Å². The number of nitrogens with zero attached hydrogens (tertiary/aromatic N) is 4. The third kappa shape index (κ3) is 2.74. The number of carbonyl (C=O) groups excluding carboxylic acids is 1. The minimum Gasteiger partial charge on any atom is -0.468 e. The number of benzene rings is 1. The fourth-order valence-corrected chi connectivity index (χ4v) is 2.55. The van der Waals surface area contributed by atoms with E-state index in [2.05, 4.69) is 16.0 Å².